The van der Waals surface area contributed by atoms with E-state index >= 15 is 0 Å². The van der Waals surface area contributed by atoms with Crippen molar-refractivity contribution < 1.29 is 22.7 Å². The third-order valence-electron chi connectivity index (χ3n) is 7.07. The number of carbonyl (C=O) groups is 1. The molecule has 214 valence electrons. The van der Waals surface area contributed by atoms with Gasteiger partial charge in [-0.25, -0.2) is 0 Å². The van der Waals surface area contributed by atoms with Crippen LogP contribution >= 0.6 is 23.2 Å². The van der Waals surface area contributed by atoms with E-state index in [1.54, 1.807) is 24.1 Å². The Bertz CT molecular complexity index is 1280. The number of halogens is 5. The molecule has 4 rings (SSSR count). The van der Waals surface area contributed by atoms with Gasteiger partial charge >= 0.3 is 6.18 Å². The van der Waals surface area contributed by atoms with Crippen molar-refractivity contribution in [3.8, 4) is 0 Å². The molecule has 1 N–H and O–H groups in total. The molecule has 0 radical (unpaired) electrons. The number of alkyl halides is 3. The third-order valence-corrected chi connectivity index (χ3v) is 7.66. The van der Waals surface area contributed by atoms with E-state index in [4.69, 9.17) is 27.9 Å². The number of aryl methyl sites for hydroxylation is 1. The van der Waals surface area contributed by atoms with E-state index in [1.807, 2.05) is 41.3 Å². The lowest BCUT2D eigenvalue weighted by Crippen LogP contribution is -2.49. The molecule has 10 heteroatoms. The van der Waals surface area contributed by atoms with Crippen molar-refractivity contribution in [3.05, 3.63) is 99.0 Å². The van der Waals surface area contributed by atoms with Gasteiger partial charge in [0.2, 0.25) is 5.91 Å². The van der Waals surface area contributed by atoms with Crippen LogP contribution in [0, 0.1) is 0 Å². The molecule has 1 heterocycles. The average molecular weight is 595 g/mol. The number of hydrogen-bond acceptors (Lipinski definition) is 4. The number of ether oxygens (including phenoxy) is 1. The normalized spacial score (nSPS) is 14.8. The fourth-order valence-electron chi connectivity index (χ4n) is 4.82. The maximum Gasteiger partial charge on any atom is 0.416 e. The maximum absolute atomic E-state index is 13.6. The molecule has 1 fully saturated rings. The van der Waals surface area contributed by atoms with Crippen molar-refractivity contribution in [2.45, 2.75) is 38.2 Å². The summed E-state index contributed by atoms with van der Waals surface area (Å²) in [6.07, 6.45) is -3.42. The Labute approximate surface area is 242 Å². The predicted octanol–water partition coefficient (Wildman–Crippen LogP) is 6.60. The second-order valence-electron chi connectivity index (χ2n) is 9.74. The Kier molecular flexibility index (Phi) is 10.4. The zero-order valence-corrected chi connectivity index (χ0v) is 23.7. The number of rotatable bonds is 10. The van der Waals surface area contributed by atoms with E-state index in [9.17, 15) is 18.0 Å². The van der Waals surface area contributed by atoms with Gasteiger partial charge in [-0.2, -0.15) is 13.2 Å². The highest BCUT2D eigenvalue weighted by Gasteiger charge is 2.32. The Morgan fingerprint density at radius 1 is 0.975 bits per heavy atom. The van der Waals surface area contributed by atoms with Crippen LogP contribution in [0.25, 0.3) is 0 Å². The number of methoxy groups -OCH3 is 1. The summed E-state index contributed by atoms with van der Waals surface area (Å²) in [7, 11) is 1.57. The molecular weight excluding hydrogens is 562 g/mol. The lowest BCUT2D eigenvalue weighted by atomic mass is 10.1. The highest BCUT2D eigenvalue weighted by atomic mass is 35.5. The van der Waals surface area contributed by atoms with E-state index in [1.165, 1.54) is 12.1 Å². The van der Waals surface area contributed by atoms with Crippen molar-refractivity contribution >= 4 is 34.8 Å². The molecule has 5 nitrogen and oxygen atoms in total. The number of nitrogens with one attached hydrogen (secondary N) is 1. The van der Waals surface area contributed by atoms with Crippen molar-refractivity contribution in [1.82, 2.24) is 10.2 Å². The Hall–Kier alpha value is -2.78. The molecule has 3 aromatic carbocycles. The SMILES string of the molecule is COC(Cc1ccccc1)NCc1cc(C(F)(F)F)ccc1N1CCN(C(=O)CCc2ccc(Cl)cc2Cl)CC1. The number of carbonyl (C=O) groups excluding carboxylic acids is 1. The highest BCUT2D eigenvalue weighted by molar-refractivity contribution is 6.35. The van der Waals surface area contributed by atoms with Gasteiger partial charge in [0, 0.05) is 68.4 Å². The molecule has 0 aromatic heterocycles. The van der Waals surface area contributed by atoms with Gasteiger partial charge in [-0.3, -0.25) is 10.1 Å². The summed E-state index contributed by atoms with van der Waals surface area (Å²) in [5, 5.41) is 4.34. The highest BCUT2D eigenvalue weighted by Crippen LogP contribution is 2.33. The van der Waals surface area contributed by atoms with Crippen LogP contribution in [0.3, 0.4) is 0 Å². The van der Waals surface area contributed by atoms with E-state index in [0.29, 0.717) is 61.1 Å². The van der Waals surface area contributed by atoms with Crippen molar-refractivity contribution in [3.63, 3.8) is 0 Å². The van der Waals surface area contributed by atoms with Gasteiger partial charge in [0.15, 0.2) is 0 Å². The number of hydrogen-bond donors (Lipinski definition) is 1. The molecule has 0 bridgehead atoms. The smallest absolute Gasteiger partial charge is 0.368 e. The van der Waals surface area contributed by atoms with Gasteiger partial charge in [0.05, 0.1) is 5.56 Å². The van der Waals surface area contributed by atoms with E-state index in [0.717, 1.165) is 22.9 Å². The Morgan fingerprint density at radius 2 is 1.70 bits per heavy atom. The number of piperazine rings is 1. The second kappa shape index (κ2) is 13.7. The van der Waals surface area contributed by atoms with Crippen LogP contribution in [0.1, 0.15) is 28.7 Å². The van der Waals surface area contributed by atoms with Crippen molar-refractivity contribution in [1.29, 1.82) is 0 Å². The number of amides is 1. The monoisotopic (exact) mass is 593 g/mol. The summed E-state index contributed by atoms with van der Waals surface area (Å²) >= 11 is 12.2. The Morgan fingerprint density at radius 3 is 2.35 bits per heavy atom. The summed E-state index contributed by atoms with van der Waals surface area (Å²) in [5.41, 5.74) is 2.48. The molecule has 1 atom stereocenters. The van der Waals surface area contributed by atoms with Gasteiger partial charge in [-0.1, -0.05) is 59.6 Å². The molecule has 3 aromatic rings. The number of anilines is 1. The lowest BCUT2D eigenvalue weighted by Gasteiger charge is -2.37. The summed E-state index contributed by atoms with van der Waals surface area (Å²) < 4.78 is 46.2. The van der Waals surface area contributed by atoms with Gasteiger partial charge < -0.3 is 14.5 Å². The fraction of sp³-hybridized carbons (Fsp3) is 0.367. The molecule has 1 unspecified atom stereocenters. The quantitative estimate of drug-likeness (QED) is 0.269. The minimum atomic E-state index is -4.45. The van der Waals surface area contributed by atoms with E-state index < -0.39 is 11.7 Å². The van der Waals surface area contributed by atoms with Crippen LogP contribution in [-0.4, -0.2) is 50.3 Å². The molecule has 1 saturated heterocycles. The van der Waals surface area contributed by atoms with Crippen molar-refractivity contribution in [2.24, 2.45) is 0 Å². The first kappa shape index (κ1) is 30.2. The molecule has 0 spiro atoms. The zero-order valence-electron chi connectivity index (χ0n) is 22.2. The van der Waals surface area contributed by atoms with E-state index in [2.05, 4.69) is 5.32 Å². The topological polar surface area (TPSA) is 44.8 Å². The third kappa shape index (κ3) is 8.13. The second-order valence-corrected chi connectivity index (χ2v) is 10.6. The average Bonchev–Trinajstić information content (AvgIpc) is 2.94. The van der Waals surface area contributed by atoms with Gasteiger partial charge in [-0.15, -0.1) is 0 Å². The lowest BCUT2D eigenvalue weighted by molar-refractivity contribution is -0.137. The summed E-state index contributed by atoms with van der Waals surface area (Å²) in [4.78, 5) is 16.7. The standard InChI is InChI=1S/C30H32Cl2F3N3O2/c1-40-28(17-21-5-3-2-4-6-21)36-20-23-18-24(30(33,34)35)9-11-27(23)37-13-15-38(16-14-37)29(39)12-8-22-7-10-25(31)19-26(22)32/h2-7,9-11,18-19,28,36H,8,12-17,20H2,1H3. The largest absolute Gasteiger partial charge is 0.416 e. The Balaban J connectivity index is 1.40. The van der Waals surface area contributed by atoms with Crippen LogP contribution in [0.15, 0.2) is 66.7 Å². The van der Waals surface area contributed by atoms with Gasteiger partial charge in [0.25, 0.3) is 0 Å². The van der Waals surface area contributed by atoms with Crippen LogP contribution in [0.5, 0.6) is 0 Å². The van der Waals surface area contributed by atoms with Crippen molar-refractivity contribution in [2.75, 3.05) is 38.2 Å². The maximum atomic E-state index is 13.6. The molecule has 0 saturated carbocycles. The number of nitrogens with zero attached hydrogens (tertiary/aromatic N) is 2. The molecule has 1 aliphatic heterocycles. The van der Waals surface area contributed by atoms with Crippen LogP contribution < -0.4 is 10.2 Å². The first-order valence-corrected chi connectivity index (χ1v) is 13.9. The summed E-state index contributed by atoms with van der Waals surface area (Å²) in [6.45, 7) is 2.20. The molecule has 0 aliphatic carbocycles. The zero-order chi connectivity index (χ0) is 28.7. The van der Waals surface area contributed by atoms with Crippen LogP contribution in [0.2, 0.25) is 10.0 Å². The summed E-state index contributed by atoms with van der Waals surface area (Å²) in [6, 6.07) is 18.8. The van der Waals surface area contributed by atoms with Gasteiger partial charge in [0.1, 0.15) is 6.23 Å². The van der Waals surface area contributed by atoms with Crippen LogP contribution in [0.4, 0.5) is 18.9 Å². The number of benzene rings is 3. The first-order chi connectivity index (χ1) is 19.1. The summed E-state index contributed by atoms with van der Waals surface area (Å²) in [5.74, 6) is 0.0174. The molecular formula is C30H32Cl2F3N3O2. The fourth-order valence-corrected chi connectivity index (χ4v) is 5.33. The molecule has 1 aliphatic rings. The predicted molar refractivity (Wildman–Crippen MR) is 153 cm³/mol. The van der Waals surface area contributed by atoms with E-state index in [-0.39, 0.29) is 18.7 Å². The van der Waals surface area contributed by atoms with Crippen LogP contribution in [-0.2, 0) is 35.1 Å². The minimum Gasteiger partial charge on any atom is -0.368 e. The minimum absolute atomic E-state index is 0.0174. The molecule has 1 amide bonds. The van der Waals surface area contributed by atoms with Gasteiger partial charge in [-0.05, 0) is 53.4 Å². The first-order valence-electron chi connectivity index (χ1n) is 13.1. The molecule has 40 heavy (non-hydrogen) atoms.